The number of nitrogens with zero attached hydrogens (tertiary/aromatic N) is 3. The fraction of sp³-hybridized carbons (Fsp3) is 0. The molecule has 8 aromatic carbocycles. The van der Waals surface area contributed by atoms with Gasteiger partial charge in [0.2, 0.25) is 0 Å². The van der Waals surface area contributed by atoms with Crippen LogP contribution in [-0.4, -0.2) is 22.6 Å². The van der Waals surface area contributed by atoms with Crippen LogP contribution < -0.4 is 20.7 Å². The summed E-state index contributed by atoms with van der Waals surface area (Å²) in [5, 5.41) is 15.8. The molecular weight excluding hydrogens is 711 g/mol. The summed E-state index contributed by atoms with van der Waals surface area (Å²) in [7, 11) is -3.03. The molecule has 12 rings (SSSR count). The van der Waals surface area contributed by atoms with Gasteiger partial charge in [-0.3, -0.25) is 9.55 Å². The Kier molecular flexibility index (Phi) is 6.91. The summed E-state index contributed by atoms with van der Waals surface area (Å²) in [6.07, 6.45) is 3.81. The second kappa shape index (κ2) is 12.3. The minimum Gasteiger partial charge on any atom is -0.456 e. The van der Waals surface area contributed by atoms with Gasteiger partial charge in [0.1, 0.15) is 17.0 Å². The van der Waals surface area contributed by atoms with Crippen LogP contribution in [0, 0.1) is 0 Å². The Balaban J connectivity index is 1.25. The predicted molar refractivity (Wildman–Crippen MR) is 240 cm³/mol. The van der Waals surface area contributed by atoms with E-state index in [1.54, 1.807) is 0 Å². The summed E-state index contributed by atoms with van der Waals surface area (Å²) < 4.78 is 8.82. The van der Waals surface area contributed by atoms with Crippen LogP contribution in [0.5, 0.6) is 0 Å². The number of aromatic nitrogens is 3. The summed E-state index contributed by atoms with van der Waals surface area (Å²) in [4.78, 5) is 10.0. The number of pyridine rings is 2. The van der Waals surface area contributed by atoms with Crippen LogP contribution in [0.2, 0.25) is 0 Å². The first kappa shape index (κ1) is 32.0. The second-order valence-electron chi connectivity index (χ2n) is 14.9. The lowest BCUT2D eigenvalue weighted by Gasteiger charge is -2.35. The average Bonchev–Trinajstić information content (AvgIpc) is 3.83. The first-order valence-corrected chi connectivity index (χ1v) is 21.4. The summed E-state index contributed by atoms with van der Waals surface area (Å²) in [6, 6.07) is 68.6. The number of para-hydroxylation sites is 1. The van der Waals surface area contributed by atoms with Crippen molar-refractivity contribution in [3.05, 3.63) is 200 Å². The Hall–Kier alpha value is -7.34. The quantitative estimate of drug-likeness (QED) is 0.100. The van der Waals surface area contributed by atoms with Gasteiger partial charge in [-0.1, -0.05) is 146 Å². The molecule has 0 atom stereocenters. The van der Waals surface area contributed by atoms with Crippen LogP contribution in [0.15, 0.2) is 205 Å². The third-order valence-electron chi connectivity index (χ3n) is 12.0. The SMILES string of the molecule is c1ccc([Si](c2ccccc2)(c2ccc3c4ccccc4c4cccnc4c3c2)c2ccc3c4ccc5oc6ccccc6c5c4n(-c4ccccn4)c3c2)cc1. The molecule has 4 aromatic heterocycles. The van der Waals surface area contributed by atoms with E-state index in [-0.39, 0.29) is 0 Å². The molecule has 0 aliphatic heterocycles. The van der Waals surface area contributed by atoms with Crippen LogP contribution in [0.25, 0.3) is 82.0 Å². The molecule has 0 fully saturated rings. The van der Waals surface area contributed by atoms with E-state index >= 15 is 0 Å². The molecule has 0 saturated carbocycles. The summed E-state index contributed by atoms with van der Waals surface area (Å²) in [5.74, 6) is 0.870. The van der Waals surface area contributed by atoms with E-state index in [0.717, 1.165) is 44.3 Å². The molecule has 57 heavy (non-hydrogen) atoms. The zero-order valence-corrected chi connectivity index (χ0v) is 31.8. The van der Waals surface area contributed by atoms with Gasteiger partial charge < -0.3 is 4.42 Å². The number of benzene rings is 8. The molecule has 12 aromatic rings. The van der Waals surface area contributed by atoms with Crippen molar-refractivity contribution in [2.45, 2.75) is 0 Å². The molecule has 0 N–H and O–H groups in total. The van der Waals surface area contributed by atoms with Crippen molar-refractivity contribution in [1.29, 1.82) is 0 Å². The molecule has 266 valence electrons. The van der Waals surface area contributed by atoms with Crippen molar-refractivity contribution in [3.8, 4) is 5.82 Å². The van der Waals surface area contributed by atoms with Crippen molar-refractivity contribution >= 4 is 105 Å². The Bertz CT molecular complexity index is 3450. The van der Waals surface area contributed by atoms with E-state index in [4.69, 9.17) is 14.4 Å². The topological polar surface area (TPSA) is 43.9 Å². The smallest absolute Gasteiger partial charge is 0.179 e. The maximum absolute atomic E-state index is 6.46. The minimum atomic E-state index is -3.03. The van der Waals surface area contributed by atoms with Gasteiger partial charge in [-0.2, -0.15) is 0 Å². The third kappa shape index (κ3) is 4.55. The summed E-state index contributed by atoms with van der Waals surface area (Å²) >= 11 is 0. The van der Waals surface area contributed by atoms with Gasteiger partial charge in [0.25, 0.3) is 0 Å². The highest BCUT2D eigenvalue weighted by atomic mass is 28.3. The van der Waals surface area contributed by atoms with Crippen LogP contribution in [0.1, 0.15) is 0 Å². The zero-order chi connectivity index (χ0) is 37.5. The lowest BCUT2D eigenvalue weighted by Crippen LogP contribution is -2.74. The van der Waals surface area contributed by atoms with Gasteiger partial charge >= 0.3 is 0 Å². The maximum atomic E-state index is 6.46. The standard InChI is InChI=1S/C52H33N3OSi/c1-3-14-34(15-4-1)57(35-16-5-2-6-17-35,36-24-26-40-38-18-7-8-19-39(38)42-21-13-31-54-51(42)45(40)32-36)37-25-27-41-43-28-29-48-50(44-20-9-10-22-47(44)56-48)52(43)55(46(41)33-37)49-23-11-12-30-53-49/h1-33H. The Morgan fingerprint density at radius 2 is 0.982 bits per heavy atom. The Morgan fingerprint density at radius 1 is 0.386 bits per heavy atom. The highest BCUT2D eigenvalue weighted by Crippen LogP contribution is 2.40. The van der Waals surface area contributed by atoms with E-state index in [2.05, 4.69) is 174 Å². The first-order valence-electron chi connectivity index (χ1n) is 19.4. The van der Waals surface area contributed by atoms with Crippen LogP contribution >= 0.6 is 0 Å². The summed E-state index contributed by atoms with van der Waals surface area (Å²) in [6.45, 7) is 0. The molecule has 0 aliphatic rings. The van der Waals surface area contributed by atoms with Crippen molar-refractivity contribution in [3.63, 3.8) is 0 Å². The first-order chi connectivity index (χ1) is 28.3. The molecule has 0 radical (unpaired) electrons. The van der Waals surface area contributed by atoms with Crippen LogP contribution in [0.4, 0.5) is 0 Å². The van der Waals surface area contributed by atoms with Gasteiger partial charge in [0, 0.05) is 39.3 Å². The molecular formula is C52H33N3OSi. The van der Waals surface area contributed by atoms with E-state index in [1.165, 1.54) is 58.5 Å². The van der Waals surface area contributed by atoms with Crippen molar-refractivity contribution in [2.24, 2.45) is 0 Å². The van der Waals surface area contributed by atoms with E-state index in [0.29, 0.717) is 0 Å². The lowest BCUT2D eigenvalue weighted by atomic mass is 9.97. The molecule has 5 heteroatoms. The van der Waals surface area contributed by atoms with Crippen molar-refractivity contribution in [1.82, 2.24) is 14.5 Å². The number of fused-ring (bicyclic) bond motifs is 13. The lowest BCUT2D eigenvalue weighted by molar-refractivity contribution is 0.669. The average molecular weight is 744 g/mol. The molecule has 4 nitrogen and oxygen atoms in total. The van der Waals surface area contributed by atoms with Gasteiger partial charge in [-0.15, -0.1) is 0 Å². The largest absolute Gasteiger partial charge is 0.456 e. The molecule has 0 bridgehead atoms. The molecule has 0 spiro atoms. The van der Waals surface area contributed by atoms with Gasteiger partial charge in [-0.25, -0.2) is 4.98 Å². The highest BCUT2D eigenvalue weighted by molar-refractivity contribution is 7.20. The number of furan rings is 1. The monoisotopic (exact) mass is 743 g/mol. The normalized spacial score (nSPS) is 12.2. The van der Waals surface area contributed by atoms with Gasteiger partial charge in [0.15, 0.2) is 8.07 Å². The summed E-state index contributed by atoms with van der Waals surface area (Å²) in [5.41, 5.74) is 4.99. The molecule has 0 unspecified atom stereocenters. The maximum Gasteiger partial charge on any atom is 0.179 e. The Morgan fingerprint density at radius 3 is 1.74 bits per heavy atom. The Labute approximate surface area is 328 Å². The van der Waals surface area contributed by atoms with E-state index in [1.807, 2.05) is 30.6 Å². The fourth-order valence-corrected chi connectivity index (χ4v) is 14.4. The molecule has 4 heterocycles. The zero-order valence-electron chi connectivity index (χ0n) is 30.8. The molecule has 0 aliphatic carbocycles. The molecule has 0 amide bonds. The van der Waals surface area contributed by atoms with Crippen molar-refractivity contribution in [2.75, 3.05) is 0 Å². The van der Waals surface area contributed by atoms with E-state index < -0.39 is 8.07 Å². The minimum absolute atomic E-state index is 0.866. The number of hydrogen-bond donors (Lipinski definition) is 0. The third-order valence-corrected chi connectivity index (χ3v) is 16.8. The second-order valence-corrected chi connectivity index (χ2v) is 18.7. The number of rotatable bonds is 5. The van der Waals surface area contributed by atoms with Gasteiger partial charge in [0.05, 0.1) is 21.9 Å². The van der Waals surface area contributed by atoms with Crippen LogP contribution in [-0.2, 0) is 0 Å². The highest BCUT2D eigenvalue weighted by Gasteiger charge is 2.42. The van der Waals surface area contributed by atoms with Crippen molar-refractivity contribution < 1.29 is 4.42 Å². The number of hydrogen-bond acceptors (Lipinski definition) is 3. The van der Waals surface area contributed by atoms with Gasteiger partial charge in [-0.05, 0) is 79.4 Å². The predicted octanol–water partition coefficient (Wildman–Crippen LogP) is 10.3. The van der Waals surface area contributed by atoms with E-state index in [9.17, 15) is 0 Å². The van der Waals surface area contributed by atoms with Crippen LogP contribution in [0.3, 0.4) is 0 Å². The fourth-order valence-electron chi connectivity index (χ4n) is 9.65. The molecule has 0 saturated heterocycles.